The lowest BCUT2D eigenvalue weighted by Crippen LogP contribution is -2.37. The van der Waals surface area contributed by atoms with Gasteiger partial charge in [-0.05, 0) is 30.0 Å². The van der Waals surface area contributed by atoms with Crippen LogP contribution in [-0.2, 0) is 4.74 Å². The molecule has 6 heteroatoms. The van der Waals surface area contributed by atoms with Gasteiger partial charge in [-0.1, -0.05) is 6.92 Å². The SMILES string of the molecule is CC1(CNCCSC(F)(F)F)CCOCC1. The fraction of sp³-hybridized carbons (Fsp3) is 1.00. The minimum absolute atomic E-state index is 0.0319. The highest BCUT2D eigenvalue weighted by atomic mass is 32.2. The Morgan fingerprint density at radius 3 is 2.50 bits per heavy atom. The maximum absolute atomic E-state index is 11.8. The summed E-state index contributed by atoms with van der Waals surface area (Å²) in [4.78, 5) is 0. The predicted molar refractivity (Wildman–Crippen MR) is 59.5 cm³/mol. The second-order valence-corrected chi connectivity index (χ2v) is 5.55. The summed E-state index contributed by atoms with van der Waals surface area (Å²) in [7, 11) is 0. The number of hydrogen-bond acceptors (Lipinski definition) is 3. The molecule has 0 amide bonds. The van der Waals surface area contributed by atoms with E-state index in [0.717, 1.165) is 32.6 Å². The molecule has 16 heavy (non-hydrogen) atoms. The fourth-order valence-electron chi connectivity index (χ4n) is 1.67. The molecule has 0 aromatic rings. The van der Waals surface area contributed by atoms with E-state index in [2.05, 4.69) is 12.2 Å². The minimum atomic E-state index is -4.11. The van der Waals surface area contributed by atoms with Crippen LogP contribution in [0.4, 0.5) is 13.2 Å². The maximum Gasteiger partial charge on any atom is 0.441 e. The van der Waals surface area contributed by atoms with E-state index in [1.165, 1.54) is 0 Å². The zero-order valence-electron chi connectivity index (χ0n) is 9.40. The van der Waals surface area contributed by atoms with Crippen LogP contribution in [0.3, 0.4) is 0 Å². The van der Waals surface area contributed by atoms with Gasteiger partial charge >= 0.3 is 5.51 Å². The fourth-order valence-corrected chi connectivity index (χ4v) is 2.15. The highest BCUT2D eigenvalue weighted by Gasteiger charge is 2.28. The Morgan fingerprint density at radius 1 is 1.31 bits per heavy atom. The van der Waals surface area contributed by atoms with Crippen molar-refractivity contribution in [2.45, 2.75) is 25.3 Å². The zero-order chi connectivity index (χ0) is 12.1. The molecule has 1 fully saturated rings. The van der Waals surface area contributed by atoms with E-state index in [1.807, 2.05) is 0 Å². The van der Waals surface area contributed by atoms with Gasteiger partial charge in [0.1, 0.15) is 0 Å². The van der Waals surface area contributed by atoms with Crippen LogP contribution < -0.4 is 5.32 Å². The molecular weight excluding hydrogens is 239 g/mol. The molecule has 1 aliphatic rings. The van der Waals surface area contributed by atoms with Gasteiger partial charge in [0.2, 0.25) is 0 Å². The molecule has 0 bridgehead atoms. The van der Waals surface area contributed by atoms with E-state index in [0.29, 0.717) is 6.54 Å². The Labute approximate surface area is 98.3 Å². The van der Waals surface area contributed by atoms with Crippen LogP contribution in [0.15, 0.2) is 0 Å². The van der Waals surface area contributed by atoms with Gasteiger partial charge in [-0.15, -0.1) is 0 Å². The second kappa shape index (κ2) is 6.12. The van der Waals surface area contributed by atoms with Gasteiger partial charge in [0.05, 0.1) is 0 Å². The van der Waals surface area contributed by atoms with Gasteiger partial charge in [-0.3, -0.25) is 0 Å². The Balaban J connectivity index is 2.06. The summed E-state index contributed by atoms with van der Waals surface area (Å²) in [5.74, 6) is 0.0794. The molecule has 2 nitrogen and oxygen atoms in total. The quantitative estimate of drug-likeness (QED) is 0.765. The van der Waals surface area contributed by atoms with Gasteiger partial charge in [-0.2, -0.15) is 13.2 Å². The van der Waals surface area contributed by atoms with Crippen LogP contribution >= 0.6 is 11.8 Å². The highest BCUT2D eigenvalue weighted by molar-refractivity contribution is 8.00. The van der Waals surface area contributed by atoms with Crippen LogP contribution in [0.5, 0.6) is 0 Å². The first-order valence-corrected chi connectivity index (χ1v) is 6.39. The summed E-state index contributed by atoms with van der Waals surface area (Å²) in [6, 6.07) is 0. The molecule has 0 radical (unpaired) electrons. The van der Waals surface area contributed by atoms with Gasteiger partial charge in [-0.25, -0.2) is 0 Å². The zero-order valence-corrected chi connectivity index (χ0v) is 10.2. The van der Waals surface area contributed by atoms with E-state index < -0.39 is 5.51 Å². The Bertz CT molecular complexity index is 205. The summed E-state index contributed by atoms with van der Waals surface area (Å²) in [5, 5.41) is 3.09. The number of thioether (sulfide) groups is 1. The number of ether oxygens (including phenoxy) is 1. The molecular formula is C10H18F3NOS. The monoisotopic (exact) mass is 257 g/mol. The molecule has 1 heterocycles. The summed E-state index contributed by atoms with van der Waals surface area (Å²) in [5.41, 5.74) is -3.93. The molecule has 1 saturated heterocycles. The average molecular weight is 257 g/mol. The van der Waals surface area contributed by atoms with Crippen LogP contribution in [-0.4, -0.2) is 37.6 Å². The molecule has 0 spiro atoms. The van der Waals surface area contributed by atoms with Crippen LogP contribution in [0.25, 0.3) is 0 Å². The number of hydrogen-bond donors (Lipinski definition) is 1. The average Bonchev–Trinajstić information content (AvgIpc) is 2.16. The van der Waals surface area contributed by atoms with Crippen molar-refractivity contribution in [1.82, 2.24) is 5.32 Å². The summed E-state index contributed by atoms with van der Waals surface area (Å²) in [6.07, 6.45) is 1.96. The smallest absolute Gasteiger partial charge is 0.381 e. The van der Waals surface area contributed by atoms with Gasteiger partial charge in [0, 0.05) is 32.1 Å². The van der Waals surface area contributed by atoms with E-state index in [9.17, 15) is 13.2 Å². The second-order valence-electron chi connectivity index (χ2n) is 4.39. The summed E-state index contributed by atoms with van der Waals surface area (Å²) < 4.78 is 40.8. The van der Waals surface area contributed by atoms with Crippen molar-refractivity contribution >= 4 is 11.8 Å². The molecule has 0 aliphatic carbocycles. The number of nitrogens with one attached hydrogen (secondary N) is 1. The third-order valence-corrected chi connectivity index (χ3v) is 3.53. The molecule has 0 unspecified atom stereocenters. The standard InChI is InChI=1S/C10H18F3NOS/c1-9(2-5-15-6-3-9)8-14-4-7-16-10(11,12)13/h14H,2-8H2,1H3. The predicted octanol–water partition coefficient (Wildman–Crippen LogP) is 2.65. The molecule has 96 valence electrons. The first kappa shape index (κ1) is 14.1. The third-order valence-electron chi connectivity index (χ3n) is 2.80. The van der Waals surface area contributed by atoms with Crippen LogP contribution in [0.2, 0.25) is 0 Å². The largest absolute Gasteiger partial charge is 0.441 e. The molecule has 0 saturated carbocycles. The minimum Gasteiger partial charge on any atom is -0.381 e. The molecule has 1 rings (SSSR count). The van der Waals surface area contributed by atoms with E-state index in [1.54, 1.807) is 0 Å². The van der Waals surface area contributed by atoms with E-state index in [4.69, 9.17) is 4.74 Å². The van der Waals surface area contributed by atoms with Gasteiger partial charge in [0.25, 0.3) is 0 Å². The van der Waals surface area contributed by atoms with E-state index in [-0.39, 0.29) is 22.9 Å². The molecule has 1 aliphatic heterocycles. The first-order valence-electron chi connectivity index (χ1n) is 5.40. The summed E-state index contributed by atoms with van der Waals surface area (Å²) >= 11 is 0.0319. The van der Waals surface area contributed by atoms with Crippen molar-refractivity contribution in [2.75, 3.05) is 32.1 Å². The summed E-state index contributed by atoms with van der Waals surface area (Å²) in [6.45, 7) is 4.85. The van der Waals surface area contributed by atoms with Crippen molar-refractivity contribution in [3.63, 3.8) is 0 Å². The van der Waals surface area contributed by atoms with Crippen LogP contribution in [0.1, 0.15) is 19.8 Å². The lowest BCUT2D eigenvalue weighted by molar-refractivity contribution is -0.0327. The molecule has 0 atom stereocenters. The lowest BCUT2D eigenvalue weighted by atomic mass is 9.82. The van der Waals surface area contributed by atoms with E-state index >= 15 is 0 Å². The van der Waals surface area contributed by atoms with Crippen LogP contribution in [0, 0.1) is 5.41 Å². The Kier molecular flexibility index (Phi) is 5.40. The Hall–Kier alpha value is 0.0600. The normalized spacial score (nSPS) is 21.0. The van der Waals surface area contributed by atoms with Gasteiger partial charge < -0.3 is 10.1 Å². The third kappa shape index (κ3) is 5.96. The molecule has 1 N–H and O–H groups in total. The Morgan fingerprint density at radius 2 is 1.94 bits per heavy atom. The highest BCUT2D eigenvalue weighted by Crippen LogP contribution is 2.30. The molecule has 0 aromatic heterocycles. The number of halogens is 3. The maximum atomic E-state index is 11.8. The topological polar surface area (TPSA) is 21.3 Å². The van der Waals surface area contributed by atoms with Crippen molar-refractivity contribution < 1.29 is 17.9 Å². The van der Waals surface area contributed by atoms with Gasteiger partial charge in [0.15, 0.2) is 0 Å². The van der Waals surface area contributed by atoms with Crippen molar-refractivity contribution in [3.8, 4) is 0 Å². The van der Waals surface area contributed by atoms with Crippen molar-refractivity contribution in [1.29, 1.82) is 0 Å². The van der Waals surface area contributed by atoms with Crippen molar-refractivity contribution in [3.05, 3.63) is 0 Å². The molecule has 0 aromatic carbocycles. The number of alkyl halides is 3. The number of rotatable bonds is 5. The first-order chi connectivity index (χ1) is 7.41. The lowest BCUT2D eigenvalue weighted by Gasteiger charge is -2.33. The van der Waals surface area contributed by atoms with Crippen molar-refractivity contribution in [2.24, 2.45) is 5.41 Å².